The standard InChI is InChI=1S/C16H20N2O4/c1-2-8-18-16(20)14(11-17)15(19)12-21-9-10-22-13-6-4-3-5-7-13/h3-7,14H,2,8-10,12H2,1H3,(H,18,20). The van der Waals surface area contributed by atoms with E-state index in [0.29, 0.717) is 12.3 Å². The first-order valence-electron chi connectivity index (χ1n) is 7.14. The van der Waals surface area contributed by atoms with Crippen molar-refractivity contribution in [2.75, 3.05) is 26.4 Å². The summed E-state index contributed by atoms with van der Waals surface area (Å²) in [7, 11) is 0. The van der Waals surface area contributed by atoms with Gasteiger partial charge in [-0.25, -0.2) is 0 Å². The molecule has 0 aromatic heterocycles. The highest BCUT2D eigenvalue weighted by atomic mass is 16.5. The molecule has 0 radical (unpaired) electrons. The Kier molecular flexibility index (Phi) is 8.31. The molecule has 0 aliphatic rings. The molecule has 1 aromatic carbocycles. The van der Waals surface area contributed by atoms with Gasteiger partial charge in [-0.05, 0) is 18.6 Å². The molecule has 1 atom stereocenters. The lowest BCUT2D eigenvalue weighted by molar-refractivity contribution is -0.134. The number of hydrogen-bond donors (Lipinski definition) is 1. The fraction of sp³-hybridized carbons (Fsp3) is 0.438. The quantitative estimate of drug-likeness (QED) is 0.520. The van der Waals surface area contributed by atoms with Gasteiger partial charge in [0.15, 0.2) is 11.7 Å². The van der Waals surface area contributed by atoms with Crippen LogP contribution in [0.1, 0.15) is 13.3 Å². The fourth-order valence-electron chi connectivity index (χ4n) is 1.62. The van der Waals surface area contributed by atoms with Crippen molar-refractivity contribution >= 4 is 11.7 Å². The molecular formula is C16H20N2O4. The number of Topliss-reactive ketones (excluding diaryl/α,β-unsaturated/α-hetero) is 1. The van der Waals surface area contributed by atoms with Crippen molar-refractivity contribution in [3.05, 3.63) is 30.3 Å². The molecule has 1 rings (SSSR count). The summed E-state index contributed by atoms with van der Waals surface area (Å²) < 4.78 is 10.5. The van der Waals surface area contributed by atoms with E-state index in [9.17, 15) is 9.59 Å². The molecule has 0 saturated carbocycles. The minimum Gasteiger partial charge on any atom is -0.491 e. The summed E-state index contributed by atoms with van der Waals surface area (Å²) in [6.45, 7) is 2.54. The highest BCUT2D eigenvalue weighted by Crippen LogP contribution is 2.07. The number of benzene rings is 1. The van der Waals surface area contributed by atoms with Gasteiger partial charge in [-0.3, -0.25) is 9.59 Å². The Bertz CT molecular complexity index is 511. The molecule has 0 aliphatic heterocycles. The predicted octanol–water partition coefficient (Wildman–Crippen LogP) is 1.32. The summed E-state index contributed by atoms with van der Waals surface area (Å²) in [6, 6.07) is 10.9. The van der Waals surface area contributed by atoms with Crippen molar-refractivity contribution in [1.29, 1.82) is 5.26 Å². The maximum absolute atomic E-state index is 11.8. The Balaban J connectivity index is 2.24. The van der Waals surface area contributed by atoms with Gasteiger partial charge in [0.25, 0.3) is 0 Å². The Hall–Kier alpha value is -2.39. The first-order chi connectivity index (χ1) is 10.7. The van der Waals surface area contributed by atoms with E-state index < -0.39 is 17.6 Å². The van der Waals surface area contributed by atoms with Crippen molar-refractivity contribution in [1.82, 2.24) is 5.32 Å². The Labute approximate surface area is 130 Å². The zero-order valence-corrected chi connectivity index (χ0v) is 12.6. The lowest BCUT2D eigenvalue weighted by Crippen LogP contribution is -2.36. The molecule has 1 unspecified atom stereocenters. The van der Waals surface area contributed by atoms with Crippen LogP contribution in [0.5, 0.6) is 5.75 Å². The molecule has 1 amide bonds. The molecule has 6 nitrogen and oxygen atoms in total. The zero-order chi connectivity index (χ0) is 16.2. The number of carbonyl (C=O) groups excluding carboxylic acids is 2. The second kappa shape index (κ2) is 10.4. The number of nitrogens with one attached hydrogen (secondary N) is 1. The third-order valence-corrected chi connectivity index (χ3v) is 2.75. The molecule has 0 fully saturated rings. The fourth-order valence-corrected chi connectivity index (χ4v) is 1.62. The van der Waals surface area contributed by atoms with E-state index in [1.807, 2.05) is 37.3 Å². The molecular weight excluding hydrogens is 284 g/mol. The van der Waals surface area contributed by atoms with Gasteiger partial charge in [0.1, 0.15) is 19.0 Å². The van der Waals surface area contributed by atoms with Gasteiger partial charge >= 0.3 is 0 Å². The van der Waals surface area contributed by atoms with E-state index in [4.69, 9.17) is 14.7 Å². The van der Waals surface area contributed by atoms with Crippen LogP contribution in [-0.2, 0) is 14.3 Å². The van der Waals surface area contributed by atoms with Crippen LogP contribution in [-0.4, -0.2) is 38.1 Å². The molecule has 6 heteroatoms. The average molecular weight is 304 g/mol. The average Bonchev–Trinajstić information content (AvgIpc) is 2.54. The summed E-state index contributed by atoms with van der Waals surface area (Å²) in [5.41, 5.74) is 0. The van der Waals surface area contributed by atoms with Gasteiger partial charge in [0, 0.05) is 6.54 Å². The lowest BCUT2D eigenvalue weighted by Gasteiger charge is -2.10. The summed E-state index contributed by atoms with van der Waals surface area (Å²) in [5, 5.41) is 11.4. The molecule has 1 N–H and O–H groups in total. The highest BCUT2D eigenvalue weighted by Gasteiger charge is 2.25. The number of carbonyl (C=O) groups is 2. The highest BCUT2D eigenvalue weighted by molar-refractivity contribution is 6.04. The minimum absolute atomic E-state index is 0.204. The van der Waals surface area contributed by atoms with Crippen LogP contribution in [0.25, 0.3) is 0 Å². The number of para-hydroxylation sites is 1. The summed E-state index contributed by atoms with van der Waals surface area (Å²) in [4.78, 5) is 23.4. The van der Waals surface area contributed by atoms with Crippen molar-refractivity contribution in [3.63, 3.8) is 0 Å². The van der Waals surface area contributed by atoms with Crippen LogP contribution in [0.4, 0.5) is 0 Å². The van der Waals surface area contributed by atoms with Crippen LogP contribution in [0.3, 0.4) is 0 Å². The molecule has 0 heterocycles. The van der Waals surface area contributed by atoms with Gasteiger partial charge in [0.05, 0.1) is 12.7 Å². The largest absolute Gasteiger partial charge is 0.491 e. The van der Waals surface area contributed by atoms with E-state index in [2.05, 4.69) is 5.32 Å². The Morgan fingerprint density at radius 1 is 1.27 bits per heavy atom. The second-order valence-corrected chi connectivity index (χ2v) is 4.53. The predicted molar refractivity (Wildman–Crippen MR) is 80.2 cm³/mol. The molecule has 1 aromatic rings. The SMILES string of the molecule is CCCNC(=O)C(C#N)C(=O)COCCOc1ccccc1. The molecule has 0 saturated heterocycles. The van der Waals surface area contributed by atoms with Gasteiger partial charge in [-0.2, -0.15) is 5.26 Å². The van der Waals surface area contributed by atoms with Crippen molar-refractivity contribution < 1.29 is 19.1 Å². The molecule has 0 spiro atoms. The number of rotatable bonds is 10. The third-order valence-electron chi connectivity index (χ3n) is 2.75. The number of hydrogen-bond acceptors (Lipinski definition) is 5. The van der Waals surface area contributed by atoms with Crippen LogP contribution >= 0.6 is 0 Å². The number of ketones is 1. The van der Waals surface area contributed by atoms with Crippen molar-refractivity contribution in [2.45, 2.75) is 13.3 Å². The van der Waals surface area contributed by atoms with Crippen molar-refractivity contribution in [3.8, 4) is 11.8 Å². The maximum Gasteiger partial charge on any atom is 0.245 e. The Morgan fingerprint density at radius 3 is 2.64 bits per heavy atom. The Morgan fingerprint density at radius 2 is 2.00 bits per heavy atom. The smallest absolute Gasteiger partial charge is 0.245 e. The van der Waals surface area contributed by atoms with Gasteiger partial charge < -0.3 is 14.8 Å². The first kappa shape index (κ1) is 17.7. The van der Waals surface area contributed by atoms with E-state index in [1.165, 1.54) is 0 Å². The molecule has 0 bridgehead atoms. The normalized spacial score (nSPS) is 11.3. The van der Waals surface area contributed by atoms with Gasteiger partial charge in [-0.1, -0.05) is 25.1 Å². The van der Waals surface area contributed by atoms with Crippen molar-refractivity contribution in [2.24, 2.45) is 5.92 Å². The van der Waals surface area contributed by atoms with E-state index in [0.717, 1.165) is 6.42 Å². The third kappa shape index (κ3) is 6.37. The van der Waals surface area contributed by atoms with E-state index in [1.54, 1.807) is 6.07 Å². The topological polar surface area (TPSA) is 88.4 Å². The minimum atomic E-state index is -1.32. The second-order valence-electron chi connectivity index (χ2n) is 4.53. The monoisotopic (exact) mass is 304 g/mol. The number of nitriles is 1. The number of ether oxygens (including phenoxy) is 2. The lowest BCUT2D eigenvalue weighted by atomic mass is 10.1. The summed E-state index contributed by atoms with van der Waals surface area (Å²) in [6.07, 6.45) is 0.741. The van der Waals surface area contributed by atoms with Crippen LogP contribution < -0.4 is 10.1 Å². The zero-order valence-electron chi connectivity index (χ0n) is 12.6. The molecule has 0 aliphatic carbocycles. The maximum atomic E-state index is 11.8. The van der Waals surface area contributed by atoms with E-state index >= 15 is 0 Å². The van der Waals surface area contributed by atoms with Crippen LogP contribution in [0.2, 0.25) is 0 Å². The van der Waals surface area contributed by atoms with Gasteiger partial charge in [-0.15, -0.1) is 0 Å². The summed E-state index contributed by atoms with van der Waals surface area (Å²) in [5.74, 6) is -1.72. The number of amides is 1. The van der Waals surface area contributed by atoms with Gasteiger partial charge in [0.2, 0.25) is 5.91 Å². The number of nitrogens with zero attached hydrogens (tertiary/aromatic N) is 1. The van der Waals surface area contributed by atoms with E-state index in [-0.39, 0.29) is 19.8 Å². The van der Waals surface area contributed by atoms with Crippen LogP contribution in [0.15, 0.2) is 30.3 Å². The first-order valence-corrected chi connectivity index (χ1v) is 7.14. The molecule has 22 heavy (non-hydrogen) atoms. The summed E-state index contributed by atoms with van der Waals surface area (Å²) >= 11 is 0. The van der Waals surface area contributed by atoms with Crippen LogP contribution in [0, 0.1) is 17.2 Å². The molecule has 118 valence electrons.